The number of hydrogen-bond acceptors (Lipinski definition) is 2. The minimum Gasteiger partial charge on any atom is -0.232 e. The van der Waals surface area contributed by atoms with Crippen molar-refractivity contribution in [2.24, 2.45) is 0 Å². The Kier molecular flexibility index (Phi) is 5.32. The Morgan fingerprint density at radius 1 is 0.913 bits per heavy atom. The van der Waals surface area contributed by atoms with E-state index in [-0.39, 0.29) is 5.41 Å². The molecule has 0 spiro atoms. The highest BCUT2D eigenvalue weighted by Crippen LogP contribution is 2.34. The molecule has 0 atom stereocenters. The summed E-state index contributed by atoms with van der Waals surface area (Å²) in [5.41, 5.74) is 3.72. The van der Waals surface area contributed by atoms with E-state index in [1.54, 1.807) is 11.3 Å². The van der Waals surface area contributed by atoms with Gasteiger partial charge in [0.15, 0.2) is 5.01 Å². The summed E-state index contributed by atoms with van der Waals surface area (Å²) in [7, 11) is 0. The van der Waals surface area contributed by atoms with Gasteiger partial charge in [-0.05, 0) is 40.9 Å². The Morgan fingerprint density at radius 3 is 1.96 bits per heavy atom. The molecule has 0 N–H and O–H groups in total. The maximum atomic E-state index is 4.78. The first kappa shape index (κ1) is 17.8. The Hall–Kier alpha value is -1.59. The van der Waals surface area contributed by atoms with Crippen LogP contribution in [0.2, 0.25) is 0 Å². The normalized spacial score (nSPS) is 11.7. The van der Waals surface area contributed by atoms with Gasteiger partial charge in [0.25, 0.3) is 0 Å². The van der Waals surface area contributed by atoms with Crippen LogP contribution in [0.15, 0.2) is 24.3 Å². The average molecular weight is 326 g/mol. The van der Waals surface area contributed by atoms with Gasteiger partial charge in [0.05, 0.1) is 5.69 Å². The zero-order chi connectivity index (χ0) is 17.2. The molecule has 0 aliphatic heterocycles. The molecule has 1 heterocycles. The Labute approximate surface area is 145 Å². The second kappa shape index (κ2) is 6.89. The van der Waals surface area contributed by atoms with E-state index in [9.17, 15) is 0 Å². The van der Waals surface area contributed by atoms with Crippen molar-refractivity contribution >= 4 is 11.3 Å². The molecule has 1 aromatic carbocycles. The largest absolute Gasteiger partial charge is 0.232 e. The third-order valence-electron chi connectivity index (χ3n) is 3.77. The van der Waals surface area contributed by atoms with E-state index < -0.39 is 0 Å². The molecule has 0 amide bonds. The molecule has 0 bridgehead atoms. The van der Waals surface area contributed by atoms with Gasteiger partial charge in [0.1, 0.15) is 0 Å². The predicted octanol–water partition coefficient (Wildman–Crippen LogP) is 6.09. The fourth-order valence-electron chi connectivity index (χ4n) is 2.39. The van der Waals surface area contributed by atoms with E-state index in [4.69, 9.17) is 4.98 Å². The Bertz CT molecular complexity index is 716. The van der Waals surface area contributed by atoms with Gasteiger partial charge >= 0.3 is 0 Å². The van der Waals surface area contributed by atoms with Crippen molar-refractivity contribution in [3.63, 3.8) is 0 Å². The molecule has 0 aliphatic rings. The summed E-state index contributed by atoms with van der Waals surface area (Å²) in [6.07, 6.45) is 0. The number of nitrogens with zero attached hydrogens (tertiary/aromatic N) is 1. The highest BCUT2D eigenvalue weighted by molar-refractivity contribution is 7.12. The minimum absolute atomic E-state index is 0.121. The number of rotatable bonds is 2. The first-order chi connectivity index (χ1) is 10.7. The van der Waals surface area contributed by atoms with Gasteiger partial charge < -0.3 is 0 Å². The van der Waals surface area contributed by atoms with Crippen molar-refractivity contribution in [2.45, 2.75) is 65.7 Å². The van der Waals surface area contributed by atoms with Crippen LogP contribution in [0.1, 0.15) is 87.0 Å². The summed E-state index contributed by atoms with van der Waals surface area (Å²) in [4.78, 5) is 6.14. The van der Waals surface area contributed by atoms with E-state index >= 15 is 0 Å². The maximum absolute atomic E-state index is 4.78. The molecule has 2 aromatic rings. The van der Waals surface area contributed by atoms with Crippen LogP contribution < -0.4 is 0 Å². The first-order valence-electron chi connectivity index (χ1n) is 8.31. The van der Waals surface area contributed by atoms with Crippen LogP contribution in [0.5, 0.6) is 0 Å². The summed E-state index contributed by atoms with van der Waals surface area (Å²) in [6.45, 7) is 15.5. The third kappa shape index (κ3) is 4.45. The van der Waals surface area contributed by atoms with E-state index in [0.29, 0.717) is 11.8 Å². The molecule has 1 nitrogen and oxygen atoms in total. The lowest BCUT2D eigenvalue weighted by Gasteiger charge is -2.18. The fourth-order valence-corrected chi connectivity index (χ4v) is 3.52. The van der Waals surface area contributed by atoms with E-state index in [1.807, 2.05) is 0 Å². The van der Waals surface area contributed by atoms with Crippen LogP contribution in [0.25, 0.3) is 0 Å². The number of aromatic nitrogens is 1. The van der Waals surface area contributed by atoms with Gasteiger partial charge in [-0.1, -0.05) is 66.5 Å². The lowest BCUT2D eigenvalue weighted by molar-refractivity contribution is 0.587. The molecular formula is C21H27NS. The van der Waals surface area contributed by atoms with Crippen molar-refractivity contribution in [1.82, 2.24) is 4.98 Å². The smallest absolute Gasteiger partial charge is 0.167 e. The second-order valence-electron chi connectivity index (χ2n) is 7.66. The summed E-state index contributed by atoms with van der Waals surface area (Å²) in [5.74, 6) is 7.50. The molecule has 23 heavy (non-hydrogen) atoms. The number of thiazole rings is 1. The van der Waals surface area contributed by atoms with Gasteiger partial charge in [-0.15, -0.1) is 11.3 Å². The van der Waals surface area contributed by atoms with E-state index in [2.05, 4.69) is 84.6 Å². The molecule has 0 saturated carbocycles. The standard InChI is InChI=1S/C21H27NS/c1-14(2)17-11-8-16(9-12-17)10-13-18-22-19(15(3)4)20(23-18)21(5,6)7/h8-9,11-12,14-15H,1-7H3. The van der Waals surface area contributed by atoms with Crippen molar-refractivity contribution in [3.8, 4) is 11.8 Å². The van der Waals surface area contributed by atoms with Gasteiger partial charge in [0.2, 0.25) is 0 Å². The summed E-state index contributed by atoms with van der Waals surface area (Å²) in [5, 5.41) is 0.923. The molecule has 0 unspecified atom stereocenters. The minimum atomic E-state index is 0.121. The second-order valence-corrected chi connectivity index (χ2v) is 8.66. The number of hydrogen-bond donors (Lipinski definition) is 0. The van der Waals surface area contributed by atoms with E-state index in [1.165, 1.54) is 16.1 Å². The SMILES string of the molecule is CC(C)c1ccc(C#Cc2nc(C(C)C)c(C(C)(C)C)s2)cc1. The van der Waals surface area contributed by atoms with Gasteiger partial charge in [-0.2, -0.15) is 0 Å². The average Bonchev–Trinajstić information content (AvgIpc) is 2.90. The van der Waals surface area contributed by atoms with Crippen LogP contribution in [-0.4, -0.2) is 4.98 Å². The molecular weight excluding hydrogens is 298 g/mol. The van der Waals surface area contributed by atoms with Crippen LogP contribution >= 0.6 is 11.3 Å². The third-order valence-corrected chi connectivity index (χ3v) is 5.18. The first-order valence-corrected chi connectivity index (χ1v) is 9.13. The van der Waals surface area contributed by atoms with Crippen LogP contribution in [0, 0.1) is 11.8 Å². The molecule has 1 aromatic heterocycles. The molecule has 122 valence electrons. The molecule has 0 aliphatic carbocycles. The summed E-state index contributed by atoms with van der Waals surface area (Å²) >= 11 is 1.74. The van der Waals surface area contributed by atoms with Crippen molar-refractivity contribution in [1.29, 1.82) is 0 Å². The van der Waals surface area contributed by atoms with Crippen molar-refractivity contribution < 1.29 is 0 Å². The fraction of sp³-hybridized carbons (Fsp3) is 0.476. The zero-order valence-corrected chi connectivity index (χ0v) is 16.1. The molecule has 2 heteroatoms. The van der Waals surface area contributed by atoms with Gasteiger partial charge in [-0.25, -0.2) is 4.98 Å². The Balaban J connectivity index is 2.31. The molecule has 0 saturated heterocycles. The zero-order valence-electron chi connectivity index (χ0n) is 15.3. The quantitative estimate of drug-likeness (QED) is 0.609. The predicted molar refractivity (Wildman–Crippen MR) is 101 cm³/mol. The topological polar surface area (TPSA) is 12.9 Å². The highest BCUT2D eigenvalue weighted by Gasteiger charge is 2.24. The van der Waals surface area contributed by atoms with Crippen LogP contribution in [0.4, 0.5) is 0 Å². The molecule has 2 rings (SSSR count). The Morgan fingerprint density at radius 2 is 1.52 bits per heavy atom. The highest BCUT2D eigenvalue weighted by atomic mass is 32.1. The molecule has 0 fully saturated rings. The van der Waals surface area contributed by atoms with Crippen molar-refractivity contribution in [3.05, 3.63) is 51.0 Å². The lowest BCUT2D eigenvalue weighted by atomic mass is 9.90. The van der Waals surface area contributed by atoms with Crippen molar-refractivity contribution in [2.75, 3.05) is 0 Å². The van der Waals surface area contributed by atoms with Gasteiger partial charge in [-0.3, -0.25) is 0 Å². The van der Waals surface area contributed by atoms with Crippen LogP contribution in [0.3, 0.4) is 0 Å². The van der Waals surface area contributed by atoms with E-state index in [0.717, 1.165) is 10.6 Å². The monoisotopic (exact) mass is 325 g/mol. The van der Waals surface area contributed by atoms with Crippen LogP contribution in [-0.2, 0) is 5.41 Å². The van der Waals surface area contributed by atoms with Gasteiger partial charge in [0, 0.05) is 10.4 Å². The summed E-state index contributed by atoms with van der Waals surface area (Å²) < 4.78 is 0. The molecule has 0 radical (unpaired) electrons. The summed E-state index contributed by atoms with van der Waals surface area (Å²) in [6, 6.07) is 8.53. The number of benzene rings is 1. The maximum Gasteiger partial charge on any atom is 0.167 e. The lowest BCUT2D eigenvalue weighted by Crippen LogP contribution is -2.12.